The zero-order valence-electron chi connectivity index (χ0n) is 15.7. The molecule has 0 aliphatic carbocycles. The fourth-order valence-corrected chi connectivity index (χ4v) is 3.63. The van der Waals surface area contributed by atoms with E-state index in [1.54, 1.807) is 0 Å². The predicted molar refractivity (Wildman–Crippen MR) is 100 cm³/mol. The molecule has 0 radical (unpaired) electrons. The molecule has 31 heavy (non-hydrogen) atoms. The quantitative estimate of drug-likeness (QED) is 0.219. The van der Waals surface area contributed by atoms with Crippen molar-refractivity contribution in [2.24, 2.45) is 11.5 Å². The second kappa shape index (κ2) is 8.65. The van der Waals surface area contributed by atoms with Crippen LogP contribution in [0.3, 0.4) is 0 Å². The Bertz CT molecular complexity index is 1090. The van der Waals surface area contributed by atoms with Crippen LogP contribution in [0.2, 0.25) is 0 Å². The molecule has 3 rings (SSSR count). The van der Waals surface area contributed by atoms with Crippen molar-refractivity contribution in [1.29, 1.82) is 0 Å². The van der Waals surface area contributed by atoms with Gasteiger partial charge in [-0.25, -0.2) is 23.9 Å². The van der Waals surface area contributed by atoms with Gasteiger partial charge in [0.05, 0.1) is 12.4 Å². The first kappa shape index (κ1) is 22.7. The molecule has 17 heteroatoms. The van der Waals surface area contributed by atoms with E-state index in [1.807, 2.05) is 0 Å². The first-order chi connectivity index (χ1) is 14.5. The van der Waals surface area contributed by atoms with Crippen LogP contribution < -0.4 is 21.9 Å². The maximum Gasteiger partial charge on any atom is 0.364 e. The van der Waals surface area contributed by atoms with Gasteiger partial charge >= 0.3 is 10.3 Å². The summed E-state index contributed by atoms with van der Waals surface area (Å²) in [5.74, 6) is -1.83. The number of aromatic nitrogens is 4. The summed E-state index contributed by atoms with van der Waals surface area (Å²) in [5.41, 5.74) is 16.5. The number of anilines is 1. The molecule has 170 valence electrons. The maximum absolute atomic E-state index is 12.1. The van der Waals surface area contributed by atoms with E-state index in [0.717, 1.165) is 6.33 Å². The fraction of sp³-hybridized carbons (Fsp3) is 0.500. The molecule has 1 fully saturated rings. The lowest BCUT2D eigenvalue weighted by Crippen LogP contribution is -2.46. The Labute approximate surface area is 174 Å². The first-order valence-electron chi connectivity index (χ1n) is 8.73. The molecule has 1 aliphatic heterocycles. The van der Waals surface area contributed by atoms with Crippen molar-refractivity contribution >= 4 is 39.1 Å². The molecule has 0 saturated carbocycles. The molecule has 0 bridgehead atoms. The van der Waals surface area contributed by atoms with Gasteiger partial charge in [-0.1, -0.05) is 0 Å². The summed E-state index contributed by atoms with van der Waals surface area (Å²) in [6.45, 7) is 0. The molecule has 1 aliphatic rings. The molecule has 16 nitrogen and oxygen atoms in total. The Morgan fingerprint density at radius 3 is 2.68 bits per heavy atom. The van der Waals surface area contributed by atoms with Crippen molar-refractivity contribution in [2.45, 2.75) is 43.6 Å². The third kappa shape index (κ3) is 4.86. The highest BCUT2D eigenvalue weighted by Gasteiger charge is 2.47. The smallest absolute Gasteiger partial charge is 0.364 e. The number of nitrogens with zero attached hydrogens (tertiary/aromatic N) is 4. The number of aliphatic hydroxyl groups is 2. The summed E-state index contributed by atoms with van der Waals surface area (Å²) in [6, 6.07) is -1.36. The lowest BCUT2D eigenvalue weighted by Gasteiger charge is -2.17. The van der Waals surface area contributed by atoms with Crippen LogP contribution >= 0.6 is 0 Å². The van der Waals surface area contributed by atoms with Gasteiger partial charge in [0, 0.05) is 6.42 Å². The number of ether oxygens (including phenoxy) is 1. The van der Waals surface area contributed by atoms with Crippen LogP contribution in [0.4, 0.5) is 5.82 Å². The van der Waals surface area contributed by atoms with Gasteiger partial charge in [-0.15, -0.1) is 0 Å². The van der Waals surface area contributed by atoms with Crippen LogP contribution in [0.5, 0.6) is 0 Å². The molecule has 2 aromatic heterocycles. The predicted octanol–water partition coefficient (Wildman–Crippen LogP) is -4.04. The van der Waals surface area contributed by atoms with E-state index in [0.29, 0.717) is 0 Å². The largest absolute Gasteiger partial charge is 0.385 e. The molecule has 9 N–H and O–H groups in total. The van der Waals surface area contributed by atoms with Crippen LogP contribution in [0.25, 0.3) is 11.2 Å². The SMILES string of the molecule is NC(=O)CCC(N)C(=O)NS(=O)(=O)OC1OC(n2cnc3c(N)ncnc32)C(O)C1O. The number of aliphatic hydroxyl groups excluding tert-OH is 2. The number of fused-ring (bicyclic) bond motifs is 1. The van der Waals surface area contributed by atoms with Crippen molar-refractivity contribution in [1.82, 2.24) is 24.2 Å². The van der Waals surface area contributed by atoms with Gasteiger partial charge in [-0.05, 0) is 6.42 Å². The number of nitrogens with two attached hydrogens (primary N) is 3. The van der Waals surface area contributed by atoms with Crippen molar-refractivity contribution in [3.8, 4) is 0 Å². The highest BCUT2D eigenvalue weighted by Crippen LogP contribution is 2.32. The normalized spacial score (nSPS) is 24.9. The summed E-state index contributed by atoms with van der Waals surface area (Å²) in [5, 5.41) is 20.5. The van der Waals surface area contributed by atoms with Gasteiger partial charge in [0.25, 0.3) is 5.91 Å². The van der Waals surface area contributed by atoms with Crippen LogP contribution in [0.1, 0.15) is 19.1 Å². The van der Waals surface area contributed by atoms with Gasteiger partial charge in [0.15, 0.2) is 17.7 Å². The van der Waals surface area contributed by atoms with Gasteiger partial charge < -0.3 is 32.2 Å². The van der Waals surface area contributed by atoms with Crippen LogP contribution in [0.15, 0.2) is 12.7 Å². The number of nitrogens with one attached hydrogen (secondary N) is 1. The molecular formula is C14H20N8O8S. The third-order valence-electron chi connectivity index (χ3n) is 4.34. The summed E-state index contributed by atoms with van der Waals surface area (Å²) < 4.78 is 36.9. The first-order valence-corrected chi connectivity index (χ1v) is 10.1. The van der Waals surface area contributed by atoms with Crippen molar-refractivity contribution < 1.29 is 37.1 Å². The summed E-state index contributed by atoms with van der Waals surface area (Å²) >= 11 is 0. The fourth-order valence-electron chi connectivity index (χ4n) is 2.77. The van der Waals surface area contributed by atoms with E-state index >= 15 is 0 Å². The van der Waals surface area contributed by atoms with E-state index in [-0.39, 0.29) is 29.8 Å². The van der Waals surface area contributed by atoms with Crippen molar-refractivity contribution in [3.63, 3.8) is 0 Å². The Morgan fingerprint density at radius 2 is 2.00 bits per heavy atom. The number of hydrogen-bond donors (Lipinski definition) is 6. The standard InChI is InChI=1S/C14H20N8O8S/c15-5(1-2-6(16)23)12(26)21-31(27,28)30-14-9(25)8(24)13(29-14)22-4-20-7-10(17)18-3-19-11(7)22/h3-5,8-9,13-14,24-25H,1-2,15H2,(H2,16,23)(H,21,26)(H2,17,18,19). The molecule has 2 amide bonds. The van der Waals surface area contributed by atoms with E-state index in [1.165, 1.54) is 15.6 Å². The zero-order valence-corrected chi connectivity index (χ0v) is 16.5. The molecule has 1 saturated heterocycles. The average molecular weight is 460 g/mol. The Hall–Kier alpha value is -2.96. The summed E-state index contributed by atoms with van der Waals surface area (Å²) in [6.07, 6.45) is -4.79. The molecular weight excluding hydrogens is 440 g/mol. The number of nitrogen functional groups attached to an aromatic ring is 1. The lowest BCUT2D eigenvalue weighted by atomic mass is 10.1. The molecule has 3 heterocycles. The monoisotopic (exact) mass is 460 g/mol. The zero-order chi connectivity index (χ0) is 22.9. The van der Waals surface area contributed by atoms with E-state index in [4.69, 9.17) is 21.9 Å². The number of carbonyl (C=O) groups is 2. The van der Waals surface area contributed by atoms with Gasteiger partial charge in [0.1, 0.15) is 24.1 Å². The highest BCUT2D eigenvalue weighted by atomic mass is 32.2. The minimum absolute atomic E-state index is 0.0579. The average Bonchev–Trinajstić information content (AvgIpc) is 3.23. The molecule has 2 aromatic rings. The number of hydrogen-bond acceptors (Lipinski definition) is 13. The summed E-state index contributed by atoms with van der Waals surface area (Å²) in [7, 11) is -4.81. The van der Waals surface area contributed by atoms with Gasteiger partial charge in [-0.2, -0.15) is 8.42 Å². The number of imidazole rings is 1. The van der Waals surface area contributed by atoms with Crippen LogP contribution in [-0.4, -0.2) is 74.5 Å². The molecule has 5 atom stereocenters. The number of primary amides is 1. The lowest BCUT2D eigenvalue weighted by molar-refractivity contribution is -0.126. The number of amides is 2. The molecule has 0 aromatic carbocycles. The van der Waals surface area contributed by atoms with Crippen molar-refractivity contribution in [2.75, 3.05) is 5.73 Å². The van der Waals surface area contributed by atoms with Crippen LogP contribution in [0, 0.1) is 0 Å². The van der Waals surface area contributed by atoms with E-state index < -0.39 is 52.9 Å². The minimum Gasteiger partial charge on any atom is -0.385 e. The molecule has 5 unspecified atom stereocenters. The van der Waals surface area contributed by atoms with E-state index in [9.17, 15) is 28.2 Å². The topological polar surface area (TPSA) is 261 Å². The van der Waals surface area contributed by atoms with Gasteiger partial charge in [0.2, 0.25) is 12.2 Å². The number of carbonyl (C=O) groups excluding carboxylic acids is 2. The van der Waals surface area contributed by atoms with Crippen LogP contribution in [-0.2, 0) is 28.8 Å². The second-order valence-electron chi connectivity index (χ2n) is 6.59. The number of rotatable bonds is 8. The van der Waals surface area contributed by atoms with Gasteiger partial charge in [-0.3, -0.25) is 14.2 Å². The third-order valence-corrected chi connectivity index (χ3v) is 5.24. The highest BCUT2D eigenvalue weighted by molar-refractivity contribution is 7.85. The minimum atomic E-state index is -4.81. The van der Waals surface area contributed by atoms with Crippen molar-refractivity contribution in [3.05, 3.63) is 12.7 Å². The maximum atomic E-state index is 12.1. The Morgan fingerprint density at radius 1 is 1.29 bits per heavy atom. The Balaban J connectivity index is 1.70. The Kier molecular flexibility index (Phi) is 6.34. The molecule has 0 spiro atoms. The summed E-state index contributed by atoms with van der Waals surface area (Å²) in [4.78, 5) is 34.3. The van der Waals surface area contributed by atoms with E-state index in [2.05, 4.69) is 19.1 Å². The second-order valence-corrected chi connectivity index (χ2v) is 7.89.